The fourth-order valence-electron chi connectivity index (χ4n) is 1.53. The van der Waals surface area contributed by atoms with Crippen LogP contribution in [0, 0.1) is 0 Å². The van der Waals surface area contributed by atoms with Crippen molar-refractivity contribution in [1.82, 2.24) is 0 Å². The molecule has 0 unspecified atom stereocenters. The molecule has 2 nitrogen and oxygen atoms in total. The zero-order valence-electron chi connectivity index (χ0n) is 9.39. The minimum Gasteiger partial charge on any atom is -0.465 e. The zero-order chi connectivity index (χ0) is 13.2. The van der Waals surface area contributed by atoms with E-state index >= 15 is 0 Å². The molecular weight excluding hydrogens is 233 g/mol. The maximum atomic E-state index is 12.8. The molecule has 0 atom stereocenters. The maximum absolute atomic E-state index is 12.8. The van der Waals surface area contributed by atoms with Gasteiger partial charge in [-0.3, -0.25) is 0 Å². The molecule has 0 aliphatic heterocycles. The van der Waals surface area contributed by atoms with Gasteiger partial charge in [0.15, 0.2) is 0 Å². The normalized spacial score (nSPS) is 11.1. The van der Waals surface area contributed by atoms with Gasteiger partial charge in [0.25, 0.3) is 0 Å². The van der Waals surface area contributed by atoms with Crippen molar-refractivity contribution in [2.45, 2.75) is 13.1 Å². The van der Waals surface area contributed by atoms with Gasteiger partial charge in [0.2, 0.25) is 0 Å². The van der Waals surface area contributed by atoms with E-state index in [9.17, 15) is 18.0 Å². The van der Waals surface area contributed by atoms with E-state index in [1.54, 1.807) is 0 Å². The molecule has 92 valence electrons. The molecule has 0 radical (unpaired) electrons. The van der Waals surface area contributed by atoms with Crippen molar-refractivity contribution >= 4 is 11.5 Å². The molecule has 0 heterocycles. The topological polar surface area (TPSA) is 26.3 Å². The predicted octanol–water partition coefficient (Wildman–Crippen LogP) is 3.53. The summed E-state index contributed by atoms with van der Waals surface area (Å²) in [5.74, 6) is -0.811. The summed E-state index contributed by atoms with van der Waals surface area (Å²) in [6.07, 6.45) is -4.53. The average Bonchev–Trinajstić information content (AvgIpc) is 2.25. The van der Waals surface area contributed by atoms with E-state index in [2.05, 4.69) is 11.3 Å². The van der Waals surface area contributed by atoms with E-state index < -0.39 is 17.7 Å². The van der Waals surface area contributed by atoms with Crippen molar-refractivity contribution in [1.29, 1.82) is 0 Å². The van der Waals surface area contributed by atoms with Crippen LogP contribution in [0.2, 0.25) is 0 Å². The van der Waals surface area contributed by atoms with Crippen molar-refractivity contribution in [2.24, 2.45) is 0 Å². The van der Waals surface area contributed by atoms with Crippen molar-refractivity contribution < 1.29 is 22.7 Å². The second-order valence-electron chi connectivity index (χ2n) is 3.50. The number of esters is 1. The molecule has 1 aromatic rings. The predicted molar refractivity (Wildman–Crippen MR) is 57.5 cm³/mol. The van der Waals surface area contributed by atoms with Crippen LogP contribution in [-0.2, 0) is 10.9 Å². The Labute approximate surface area is 96.7 Å². The SMILES string of the molecule is C=C(C)c1c(C(=O)OC)cccc1C(F)(F)F. The van der Waals surface area contributed by atoms with Crippen LogP contribution < -0.4 is 0 Å². The van der Waals surface area contributed by atoms with Gasteiger partial charge in [-0.15, -0.1) is 0 Å². The van der Waals surface area contributed by atoms with Gasteiger partial charge in [-0.2, -0.15) is 13.2 Å². The number of carbonyl (C=O) groups is 1. The Morgan fingerprint density at radius 2 is 1.94 bits per heavy atom. The van der Waals surface area contributed by atoms with Crippen LogP contribution in [0.4, 0.5) is 13.2 Å². The summed E-state index contributed by atoms with van der Waals surface area (Å²) in [5, 5.41) is 0. The first-order chi connectivity index (χ1) is 7.79. The number of halogens is 3. The quantitative estimate of drug-likeness (QED) is 0.744. The molecule has 1 aromatic carbocycles. The van der Waals surface area contributed by atoms with E-state index in [4.69, 9.17) is 0 Å². The maximum Gasteiger partial charge on any atom is 0.417 e. The van der Waals surface area contributed by atoms with Gasteiger partial charge in [-0.25, -0.2) is 4.79 Å². The lowest BCUT2D eigenvalue weighted by molar-refractivity contribution is -0.137. The molecule has 0 saturated carbocycles. The molecule has 0 aromatic heterocycles. The molecule has 0 N–H and O–H groups in total. The molecule has 0 saturated heterocycles. The van der Waals surface area contributed by atoms with Gasteiger partial charge in [-0.1, -0.05) is 12.6 Å². The molecule has 0 bridgehead atoms. The Morgan fingerprint density at radius 3 is 2.35 bits per heavy atom. The standard InChI is InChI=1S/C12H11F3O2/c1-7(2)10-8(11(16)17-3)5-4-6-9(10)12(13,14)15/h4-6H,1H2,2-3H3. The Balaban J connectivity index is 3.54. The van der Waals surface area contributed by atoms with Crippen LogP contribution in [-0.4, -0.2) is 13.1 Å². The van der Waals surface area contributed by atoms with Crippen LogP contribution in [0.3, 0.4) is 0 Å². The minimum atomic E-state index is -4.53. The Bertz CT molecular complexity index is 461. The lowest BCUT2D eigenvalue weighted by atomic mass is 9.95. The molecule has 1 rings (SSSR count). The third kappa shape index (κ3) is 2.67. The van der Waals surface area contributed by atoms with Crippen molar-refractivity contribution in [3.05, 3.63) is 41.5 Å². The molecular formula is C12H11F3O2. The van der Waals surface area contributed by atoms with Gasteiger partial charge in [0.05, 0.1) is 18.2 Å². The van der Waals surface area contributed by atoms with E-state index in [-0.39, 0.29) is 16.7 Å². The number of ether oxygens (including phenoxy) is 1. The van der Waals surface area contributed by atoms with E-state index in [1.165, 1.54) is 19.1 Å². The number of hydrogen-bond acceptors (Lipinski definition) is 2. The Hall–Kier alpha value is -1.78. The smallest absolute Gasteiger partial charge is 0.417 e. The van der Waals surface area contributed by atoms with Crippen LogP contribution in [0.1, 0.15) is 28.4 Å². The summed E-state index contributed by atoms with van der Waals surface area (Å²) in [6.45, 7) is 4.88. The highest BCUT2D eigenvalue weighted by Crippen LogP contribution is 2.36. The molecule has 17 heavy (non-hydrogen) atoms. The number of hydrogen-bond donors (Lipinski definition) is 0. The molecule has 0 aliphatic rings. The summed E-state index contributed by atoms with van der Waals surface area (Å²) in [7, 11) is 1.12. The second kappa shape index (κ2) is 4.61. The fraction of sp³-hybridized carbons (Fsp3) is 0.250. The lowest BCUT2D eigenvalue weighted by Crippen LogP contribution is -2.13. The van der Waals surface area contributed by atoms with Gasteiger partial charge in [-0.05, 0) is 24.6 Å². The van der Waals surface area contributed by atoms with Crippen LogP contribution in [0.5, 0.6) is 0 Å². The summed E-state index contributed by atoms with van der Waals surface area (Å²) in [6, 6.07) is 3.36. The number of rotatable bonds is 2. The summed E-state index contributed by atoms with van der Waals surface area (Å²) in [5.41, 5.74) is -1.06. The lowest BCUT2D eigenvalue weighted by Gasteiger charge is -2.15. The van der Waals surface area contributed by atoms with Gasteiger partial charge >= 0.3 is 12.1 Å². The van der Waals surface area contributed by atoms with Gasteiger partial charge in [0.1, 0.15) is 0 Å². The molecule has 5 heteroatoms. The molecule has 0 spiro atoms. The number of carbonyl (C=O) groups excluding carboxylic acids is 1. The van der Waals surface area contributed by atoms with Gasteiger partial charge in [0, 0.05) is 5.56 Å². The Morgan fingerprint density at radius 1 is 1.35 bits per heavy atom. The fourth-order valence-corrected chi connectivity index (χ4v) is 1.53. The summed E-state index contributed by atoms with van der Waals surface area (Å²) < 4.78 is 42.7. The minimum absolute atomic E-state index is 0.130. The largest absolute Gasteiger partial charge is 0.465 e. The first kappa shape index (κ1) is 13.3. The summed E-state index contributed by atoms with van der Waals surface area (Å²) >= 11 is 0. The van der Waals surface area contributed by atoms with E-state index in [0.717, 1.165) is 13.2 Å². The highest BCUT2D eigenvalue weighted by Gasteiger charge is 2.35. The first-order valence-corrected chi connectivity index (χ1v) is 4.73. The average molecular weight is 244 g/mol. The zero-order valence-corrected chi connectivity index (χ0v) is 9.39. The monoisotopic (exact) mass is 244 g/mol. The van der Waals surface area contributed by atoms with Crippen molar-refractivity contribution in [3.63, 3.8) is 0 Å². The molecule has 0 aliphatic carbocycles. The van der Waals surface area contributed by atoms with Crippen molar-refractivity contribution in [2.75, 3.05) is 7.11 Å². The highest BCUT2D eigenvalue weighted by molar-refractivity contribution is 5.95. The molecule has 0 amide bonds. The second-order valence-corrected chi connectivity index (χ2v) is 3.50. The van der Waals surface area contributed by atoms with E-state index in [1.807, 2.05) is 0 Å². The highest BCUT2D eigenvalue weighted by atomic mass is 19.4. The van der Waals surface area contributed by atoms with Gasteiger partial charge < -0.3 is 4.74 Å². The number of allylic oxidation sites excluding steroid dienone is 1. The van der Waals surface area contributed by atoms with Crippen LogP contribution in [0.15, 0.2) is 24.8 Å². The third-order valence-corrected chi connectivity index (χ3v) is 2.20. The third-order valence-electron chi connectivity index (χ3n) is 2.20. The molecule has 0 fully saturated rings. The van der Waals surface area contributed by atoms with E-state index in [0.29, 0.717) is 0 Å². The number of benzene rings is 1. The van der Waals surface area contributed by atoms with Crippen LogP contribution in [0.25, 0.3) is 5.57 Å². The Kier molecular flexibility index (Phi) is 3.60. The number of methoxy groups -OCH3 is 1. The first-order valence-electron chi connectivity index (χ1n) is 4.73. The summed E-state index contributed by atoms with van der Waals surface area (Å²) in [4.78, 5) is 11.4. The van der Waals surface area contributed by atoms with Crippen molar-refractivity contribution in [3.8, 4) is 0 Å². The number of alkyl halides is 3. The van der Waals surface area contributed by atoms with Crippen LogP contribution >= 0.6 is 0 Å².